The maximum absolute atomic E-state index is 14.3. The van der Waals surface area contributed by atoms with E-state index in [2.05, 4.69) is 0 Å². The van der Waals surface area contributed by atoms with Gasteiger partial charge < -0.3 is 4.74 Å². The van der Waals surface area contributed by atoms with E-state index in [-0.39, 0.29) is 22.4 Å². The molecule has 1 nitrogen and oxygen atoms in total. The normalized spacial score (nSPS) is 10.8. The number of hydrogen-bond acceptors (Lipinski definition) is 1. The van der Waals surface area contributed by atoms with Crippen LogP contribution in [0.25, 0.3) is 28.0 Å². The smallest absolute Gasteiger partial charge is 0.271 e. The standard InChI is InChI=1S/C19H11F5O/c1-25-12-3-5-13(17(21)8-12)10-2-4-14-11(6-10)7-16(20)15(19(14)24)9-18(22)23/h2-9H,1H3. The fourth-order valence-corrected chi connectivity index (χ4v) is 2.61. The van der Waals surface area contributed by atoms with Gasteiger partial charge in [-0.3, -0.25) is 0 Å². The van der Waals surface area contributed by atoms with E-state index in [4.69, 9.17) is 4.74 Å². The van der Waals surface area contributed by atoms with Crippen molar-refractivity contribution in [1.29, 1.82) is 0 Å². The molecule has 0 spiro atoms. The van der Waals surface area contributed by atoms with Gasteiger partial charge in [0.2, 0.25) is 0 Å². The maximum atomic E-state index is 14.3. The van der Waals surface area contributed by atoms with Gasteiger partial charge in [-0.15, -0.1) is 0 Å². The van der Waals surface area contributed by atoms with Gasteiger partial charge >= 0.3 is 0 Å². The van der Waals surface area contributed by atoms with Crippen molar-refractivity contribution in [3.8, 4) is 16.9 Å². The molecule has 0 heterocycles. The molecule has 25 heavy (non-hydrogen) atoms. The minimum absolute atomic E-state index is 0.0356. The Morgan fingerprint density at radius 3 is 2.32 bits per heavy atom. The van der Waals surface area contributed by atoms with E-state index in [1.54, 1.807) is 6.07 Å². The summed E-state index contributed by atoms with van der Waals surface area (Å²) in [5.74, 6) is -2.43. The molecule has 128 valence electrons. The predicted molar refractivity (Wildman–Crippen MR) is 86.0 cm³/mol. The predicted octanol–water partition coefficient (Wildman–Crippen LogP) is 6.17. The van der Waals surface area contributed by atoms with E-state index < -0.39 is 29.1 Å². The maximum Gasteiger partial charge on any atom is 0.271 e. The number of benzene rings is 3. The highest BCUT2D eigenvalue weighted by Crippen LogP contribution is 2.32. The highest BCUT2D eigenvalue weighted by atomic mass is 19.3. The molecule has 0 saturated carbocycles. The van der Waals surface area contributed by atoms with Crippen LogP contribution in [0.4, 0.5) is 22.0 Å². The molecule has 3 rings (SSSR count). The molecule has 0 N–H and O–H groups in total. The zero-order valence-electron chi connectivity index (χ0n) is 12.9. The van der Waals surface area contributed by atoms with Crippen molar-refractivity contribution in [2.75, 3.05) is 7.11 Å². The average molecular weight is 350 g/mol. The summed E-state index contributed by atoms with van der Waals surface area (Å²) in [6.07, 6.45) is -2.06. The minimum Gasteiger partial charge on any atom is -0.497 e. The van der Waals surface area contributed by atoms with Crippen molar-refractivity contribution < 1.29 is 26.7 Å². The van der Waals surface area contributed by atoms with E-state index >= 15 is 0 Å². The van der Waals surface area contributed by atoms with E-state index in [1.807, 2.05) is 0 Å². The van der Waals surface area contributed by atoms with Crippen LogP contribution in [0.3, 0.4) is 0 Å². The number of methoxy groups -OCH3 is 1. The van der Waals surface area contributed by atoms with Gasteiger partial charge in [0, 0.05) is 23.1 Å². The first kappa shape index (κ1) is 17.0. The van der Waals surface area contributed by atoms with Crippen LogP contribution in [0.2, 0.25) is 0 Å². The lowest BCUT2D eigenvalue weighted by molar-refractivity contribution is 0.411. The van der Waals surface area contributed by atoms with Crippen LogP contribution in [-0.4, -0.2) is 7.11 Å². The molecule has 0 saturated heterocycles. The zero-order valence-corrected chi connectivity index (χ0v) is 12.9. The Bertz CT molecular complexity index is 991. The monoisotopic (exact) mass is 350 g/mol. The fraction of sp³-hybridized carbons (Fsp3) is 0.0526. The Hall–Kier alpha value is -2.89. The highest BCUT2D eigenvalue weighted by molar-refractivity contribution is 5.90. The molecule has 0 unspecified atom stereocenters. The highest BCUT2D eigenvalue weighted by Gasteiger charge is 2.15. The van der Waals surface area contributed by atoms with E-state index in [9.17, 15) is 22.0 Å². The molecule has 0 bridgehead atoms. The lowest BCUT2D eigenvalue weighted by Gasteiger charge is -2.09. The topological polar surface area (TPSA) is 9.23 Å². The fourth-order valence-electron chi connectivity index (χ4n) is 2.61. The van der Waals surface area contributed by atoms with Crippen molar-refractivity contribution >= 4 is 16.8 Å². The summed E-state index contributed by atoms with van der Waals surface area (Å²) < 4.78 is 72.0. The second kappa shape index (κ2) is 6.55. The molecular weight excluding hydrogens is 339 g/mol. The molecular formula is C19H11F5O. The third kappa shape index (κ3) is 3.20. The van der Waals surface area contributed by atoms with Gasteiger partial charge in [-0.2, -0.15) is 8.78 Å². The number of halogens is 5. The van der Waals surface area contributed by atoms with E-state index in [0.717, 1.165) is 6.07 Å². The molecule has 0 aromatic heterocycles. The lowest BCUT2D eigenvalue weighted by Crippen LogP contribution is -1.93. The van der Waals surface area contributed by atoms with Gasteiger partial charge in [-0.05, 0) is 35.2 Å². The van der Waals surface area contributed by atoms with Gasteiger partial charge in [-0.1, -0.05) is 12.1 Å². The second-order valence-corrected chi connectivity index (χ2v) is 5.30. The molecule has 0 atom stereocenters. The van der Waals surface area contributed by atoms with Gasteiger partial charge in [-0.25, -0.2) is 13.2 Å². The van der Waals surface area contributed by atoms with Crippen LogP contribution >= 0.6 is 0 Å². The summed E-state index contributed by atoms with van der Waals surface area (Å²) in [7, 11) is 1.41. The second-order valence-electron chi connectivity index (χ2n) is 5.30. The Kier molecular flexibility index (Phi) is 4.44. The number of fused-ring (bicyclic) bond motifs is 1. The van der Waals surface area contributed by atoms with Crippen LogP contribution in [0.5, 0.6) is 5.75 Å². The van der Waals surface area contributed by atoms with Gasteiger partial charge in [0.1, 0.15) is 23.2 Å². The summed E-state index contributed by atoms with van der Waals surface area (Å²) in [5, 5.41) is 0.103. The first-order valence-corrected chi connectivity index (χ1v) is 7.19. The van der Waals surface area contributed by atoms with Crippen molar-refractivity contribution in [3.63, 3.8) is 0 Å². The van der Waals surface area contributed by atoms with Crippen LogP contribution in [0.15, 0.2) is 48.5 Å². The summed E-state index contributed by atoms with van der Waals surface area (Å²) in [4.78, 5) is 0. The van der Waals surface area contributed by atoms with Crippen molar-refractivity contribution in [2.24, 2.45) is 0 Å². The number of hydrogen-bond donors (Lipinski definition) is 0. The molecule has 0 aliphatic carbocycles. The molecule has 3 aromatic rings. The summed E-state index contributed by atoms with van der Waals surface area (Å²) in [5.41, 5.74) is -0.190. The third-order valence-electron chi connectivity index (χ3n) is 3.80. The zero-order chi connectivity index (χ0) is 18.1. The largest absolute Gasteiger partial charge is 0.497 e. The Balaban J connectivity index is 2.17. The Morgan fingerprint density at radius 2 is 1.68 bits per heavy atom. The first-order valence-electron chi connectivity index (χ1n) is 7.19. The Morgan fingerprint density at radius 1 is 0.920 bits per heavy atom. The lowest BCUT2D eigenvalue weighted by atomic mass is 9.98. The molecule has 0 fully saturated rings. The van der Waals surface area contributed by atoms with Gasteiger partial charge in [0.15, 0.2) is 0 Å². The molecule has 0 radical (unpaired) electrons. The van der Waals surface area contributed by atoms with Crippen molar-refractivity contribution in [3.05, 3.63) is 71.6 Å². The molecule has 3 aromatic carbocycles. The van der Waals surface area contributed by atoms with E-state index in [0.29, 0.717) is 11.3 Å². The van der Waals surface area contributed by atoms with Crippen molar-refractivity contribution in [2.45, 2.75) is 0 Å². The number of ether oxygens (including phenoxy) is 1. The average Bonchev–Trinajstić information content (AvgIpc) is 2.57. The Labute approximate surface area is 140 Å². The van der Waals surface area contributed by atoms with Gasteiger partial charge in [0.25, 0.3) is 6.08 Å². The number of rotatable bonds is 3. The molecule has 0 aliphatic heterocycles. The van der Waals surface area contributed by atoms with Gasteiger partial charge in [0.05, 0.1) is 12.7 Å². The summed E-state index contributed by atoms with van der Waals surface area (Å²) >= 11 is 0. The third-order valence-corrected chi connectivity index (χ3v) is 3.80. The molecule has 0 aliphatic rings. The molecule has 6 heteroatoms. The quantitative estimate of drug-likeness (QED) is 0.513. The van der Waals surface area contributed by atoms with Crippen LogP contribution < -0.4 is 4.74 Å². The van der Waals surface area contributed by atoms with Crippen LogP contribution in [0.1, 0.15) is 5.56 Å². The van der Waals surface area contributed by atoms with Crippen LogP contribution in [-0.2, 0) is 0 Å². The van der Waals surface area contributed by atoms with E-state index in [1.165, 1.54) is 37.4 Å². The summed E-state index contributed by atoms with van der Waals surface area (Å²) in [6, 6.07) is 9.31. The minimum atomic E-state index is -2.20. The first-order chi connectivity index (χ1) is 11.9. The summed E-state index contributed by atoms with van der Waals surface area (Å²) in [6.45, 7) is 0. The van der Waals surface area contributed by atoms with Crippen molar-refractivity contribution in [1.82, 2.24) is 0 Å². The molecule has 0 amide bonds. The SMILES string of the molecule is COc1ccc(-c2ccc3c(F)c(C=C(F)F)c(F)cc3c2)c(F)c1. The van der Waals surface area contributed by atoms with Crippen LogP contribution in [0, 0.1) is 17.5 Å².